The first-order valence-electron chi connectivity index (χ1n) is 14.0. The third-order valence-corrected chi connectivity index (χ3v) is 7.87. The van der Waals surface area contributed by atoms with Crippen LogP contribution in [0.15, 0.2) is 85.1 Å². The molecule has 1 aliphatic rings. The zero-order valence-corrected chi connectivity index (χ0v) is 24.6. The highest BCUT2D eigenvalue weighted by atomic mass is 35.5. The summed E-state index contributed by atoms with van der Waals surface area (Å²) in [4.78, 5) is 13.4. The van der Waals surface area contributed by atoms with Crippen LogP contribution < -0.4 is 9.64 Å². The Morgan fingerprint density at radius 3 is 2.51 bits per heavy atom. The predicted molar refractivity (Wildman–Crippen MR) is 163 cm³/mol. The number of allylic oxidation sites excluding steroid dienone is 1. The highest BCUT2D eigenvalue weighted by molar-refractivity contribution is 6.30. The molecule has 0 spiro atoms. The normalized spacial score (nSPS) is 15.0. The third kappa shape index (κ3) is 6.79. The van der Waals surface area contributed by atoms with Crippen LogP contribution in [0.5, 0.6) is 5.75 Å². The number of ether oxygens (including phenoxy) is 2. The van der Waals surface area contributed by atoms with E-state index in [9.17, 15) is 9.18 Å². The smallest absolute Gasteiger partial charge is 0.150 e. The molecule has 0 radical (unpaired) electrons. The second-order valence-electron chi connectivity index (χ2n) is 10.6. The second-order valence-corrected chi connectivity index (χ2v) is 11.1. The SMILES string of the molecule is C=C(Cc1cc(F)c(-c2ccccc2OC(C)c2ccc(Cl)cc2F)cc1F)N(C[C@@H]1CCO1)c1cc(C=O)ccc1C. The molecular weight excluding hydrogens is 575 g/mol. The van der Waals surface area contributed by atoms with Crippen LogP contribution in [0.2, 0.25) is 5.02 Å². The van der Waals surface area contributed by atoms with Gasteiger partial charge >= 0.3 is 0 Å². The molecule has 43 heavy (non-hydrogen) atoms. The number of carbonyl (C=O) groups excluding carboxylic acids is 1. The van der Waals surface area contributed by atoms with E-state index in [1.165, 1.54) is 18.2 Å². The van der Waals surface area contributed by atoms with Crippen LogP contribution >= 0.6 is 11.6 Å². The van der Waals surface area contributed by atoms with Gasteiger partial charge in [0.05, 0.1) is 6.10 Å². The Morgan fingerprint density at radius 2 is 1.81 bits per heavy atom. The number of aryl methyl sites for hydroxylation is 1. The largest absolute Gasteiger partial charge is 0.485 e. The molecule has 2 atom stereocenters. The maximum absolute atomic E-state index is 15.7. The van der Waals surface area contributed by atoms with Crippen LogP contribution in [0.4, 0.5) is 18.9 Å². The summed E-state index contributed by atoms with van der Waals surface area (Å²) in [6, 6.07) is 18.6. The summed E-state index contributed by atoms with van der Waals surface area (Å²) < 4.78 is 57.5. The molecule has 0 aromatic heterocycles. The van der Waals surface area contributed by atoms with E-state index in [0.29, 0.717) is 30.0 Å². The molecule has 5 rings (SSSR count). The number of anilines is 1. The van der Waals surface area contributed by atoms with Crippen molar-refractivity contribution in [3.05, 3.63) is 130 Å². The number of carbonyl (C=O) groups is 1. The van der Waals surface area contributed by atoms with Crippen molar-refractivity contribution in [2.24, 2.45) is 0 Å². The monoisotopic (exact) mass is 605 g/mol. The van der Waals surface area contributed by atoms with E-state index < -0.39 is 23.6 Å². The number of rotatable bonds is 11. The molecule has 1 saturated heterocycles. The molecule has 0 saturated carbocycles. The molecule has 4 aromatic rings. The minimum atomic E-state index is -0.722. The number of hydrogen-bond acceptors (Lipinski definition) is 4. The van der Waals surface area contributed by atoms with Crippen LogP contribution in [0.3, 0.4) is 0 Å². The van der Waals surface area contributed by atoms with E-state index in [4.69, 9.17) is 21.1 Å². The summed E-state index contributed by atoms with van der Waals surface area (Å²) in [5.74, 6) is -1.50. The zero-order valence-electron chi connectivity index (χ0n) is 23.9. The maximum atomic E-state index is 15.7. The van der Waals surface area contributed by atoms with Gasteiger partial charge in [0, 0.05) is 58.2 Å². The fourth-order valence-electron chi connectivity index (χ4n) is 5.14. The zero-order chi connectivity index (χ0) is 30.7. The van der Waals surface area contributed by atoms with Crippen molar-refractivity contribution in [3.8, 4) is 16.9 Å². The van der Waals surface area contributed by atoms with E-state index in [0.717, 1.165) is 30.0 Å². The number of hydrogen-bond donors (Lipinski definition) is 0. The van der Waals surface area contributed by atoms with Crippen molar-refractivity contribution < 1.29 is 27.4 Å². The average Bonchev–Trinajstić information content (AvgIpc) is 2.95. The van der Waals surface area contributed by atoms with Crippen molar-refractivity contribution in [1.29, 1.82) is 0 Å². The lowest BCUT2D eigenvalue weighted by molar-refractivity contribution is -0.0438. The Labute approximate surface area is 254 Å². The number of aldehydes is 1. The Bertz CT molecular complexity index is 1670. The van der Waals surface area contributed by atoms with Crippen LogP contribution in [0.25, 0.3) is 11.1 Å². The standard InChI is InChI=1S/C35H31ClF3NO3/c1-21-8-9-24(20-41)15-34(21)40(19-27-12-13-42-27)22(2)14-25-16-32(38)30(18-31(25)37)29-6-4-5-7-35(29)43-23(3)28-11-10-26(36)17-33(28)39/h4-11,15-18,20,23,27H,2,12-14,19H2,1,3H3/t23?,27-/m0/s1. The lowest BCUT2D eigenvalue weighted by Gasteiger charge is -2.36. The first-order valence-corrected chi connectivity index (χ1v) is 14.3. The fraction of sp³-hybridized carbons (Fsp3) is 0.229. The fourth-order valence-corrected chi connectivity index (χ4v) is 5.30. The lowest BCUT2D eigenvalue weighted by Crippen LogP contribution is -2.40. The summed E-state index contributed by atoms with van der Waals surface area (Å²) in [6.07, 6.45) is 0.927. The molecule has 0 N–H and O–H groups in total. The molecule has 1 heterocycles. The van der Waals surface area contributed by atoms with Gasteiger partial charge in [0.25, 0.3) is 0 Å². The first kappa shape index (κ1) is 30.4. The van der Waals surface area contributed by atoms with Crippen LogP contribution in [0, 0.1) is 24.4 Å². The minimum Gasteiger partial charge on any atom is -0.485 e. The highest BCUT2D eigenvalue weighted by Gasteiger charge is 2.25. The van der Waals surface area contributed by atoms with Gasteiger partial charge < -0.3 is 14.4 Å². The quantitative estimate of drug-likeness (QED) is 0.160. The molecule has 4 aromatic carbocycles. The molecule has 1 unspecified atom stereocenters. The van der Waals surface area contributed by atoms with Crippen LogP contribution in [-0.4, -0.2) is 25.5 Å². The van der Waals surface area contributed by atoms with Gasteiger partial charge in [-0.3, -0.25) is 4.79 Å². The topological polar surface area (TPSA) is 38.8 Å². The molecule has 1 fully saturated rings. The third-order valence-electron chi connectivity index (χ3n) is 7.63. The van der Waals surface area contributed by atoms with E-state index >= 15 is 8.78 Å². The van der Waals surface area contributed by atoms with Crippen molar-refractivity contribution in [2.75, 3.05) is 18.1 Å². The van der Waals surface area contributed by atoms with Gasteiger partial charge in [0.1, 0.15) is 35.6 Å². The molecule has 0 amide bonds. The summed E-state index contributed by atoms with van der Waals surface area (Å²) in [7, 11) is 0. The first-order chi connectivity index (χ1) is 20.6. The van der Waals surface area contributed by atoms with Gasteiger partial charge in [-0.1, -0.05) is 54.6 Å². The van der Waals surface area contributed by atoms with Gasteiger partial charge in [-0.25, -0.2) is 13.2 Å². The number of nitrogens with zero attached hydrogens (tertiary/aromatic N) is 1. The Hall–Kier alpha value is -4.07. The Kier molecular flexibility index (Phi) is 9.23. The van der Waals surface area contributed by atoms with Crippen molar-refractivity contribution in [2.45, 2.75) is 38.9 Å². The molecule has 1 aliphatic heterocycles. The van der Waals surface area contributed by atoms with E-state index in [1.54, 1.807) is 49.4 Å². The van der Waals surface area contributed by atoms with E-state index in [-0.39, 0.29) is 40.0 Å². The summed E-state index contributed by atoms with van der Waals surface area (Å²) >= 11 is 5.88. The summed E-state index contributed by atoms with van der Waals surface area (Å²) in [5, 5.41) is 0.262. The lowest BCUT2D eigenvalue weighted by atomic mass is 9.99. The molecule has 4 nitrogen and oxygen atoms in total. The van der Waals surface area contributed by atoms with E-state index in [1.807, 2.05) is 17.9 Å². The summed E-state index contributed by atoms with van der Waals surface area (Å²) in [6.45, 7) is 8.93. The van der Waals surface area contributed by atoms with Gasteiger partial charge in [0.2, 0.25) is 0 Å². The van der Waals surface area contributed by atoms with E-state index in [2.05, 4.69) is 6.58 Å². The van der Waals surface area contributed by atoms with Gasteiger partial charge in [-0.2, -0.15) is 0 Å². The van der Waals surface area contributed by atoms with Crippen LogP contribution in [0.1, 0.15) is 46.5 Å². The number of benzene rings is 4. The van der Waals surface area contributed by atoms with Gasteiger partial charge in [-0.05, 0) is 67.8 Å². The van der Waals surface area contributed by atoms with Crippen molar-refractivity contribution >= 4 is 23.6 Å². The molecule has 222 valence electrons. The molecule has 0 aliphatic carbocycles. The predicted octanol–water partition coefficient (Wildman–Crippen LogP) is 9.04. The summed E-state index contributed by atoms with van der Waals surface area (Å²) in [5.41, 5.74) is 3.47. The second kappa shape index (κ2) is 13.1. The number of para-hydroxylation sites is 1. The Balaban J connectivity index is 1.42. The number of halogens is 4. The minimum absolute atomic E-state index is 0.0143. The molecule has 0 bridgehead atoms. The maximum Gasteiger partial charge on any atom is 0.150 e. The van der Waals surface area contributed by atoms with Gasteiger partial charge in [-0.15, -0.1) is 0 Å². The molecular formula is C35H31ClF3NO3. The average molecular weight is 606 g/mol. The highest BCUT2D eigenvalue weighted by Crippen LogP contribution is 2.37. The Morgan fingerprint density at radius 1 is 1.05 bits per heavy atom. The van der Waals surface area contributed by atoms with Crippen molar-refractivity contribution in [1.82, 2.24) is 0 Å². The van der Waals surface area contributed by atoms with Crippen LogP contribution in [-0.2, 0) is 11.2 Å². The molecule has 8 heteroatoms. The van der Waals surface area contributed by atoms with Crippen molar-refractivity contribution in [3.63, 3.8) is 0 Å². The van der Waals surface area contributed by atoms with Gasteiger partial charge in [0.15, 0.2) is 0 Å².